The summed E-state index contributed by atoms with van der Waals surface area (Å²) in [4.78, 5) is 16.6. The number of aromatic nitrogens is 2. The smallest absolute Gasteiger partial charge is 0.287 e. The van der Waals surface area contributed by atoms with Crippen molar-refractivity contribution >= 4 is 17.5 Å². The molecule has 1 aromatic carbocycles. The van der Waals surface area contributed by atoms with E-state index in [0.29, 0.717) is 10.8 Å². The molecule has 0 aliphatic heterocycles. The minimum atomic E-state index is -0.420. The molecule has 5 nitrogen and oxygen atoms in total. The fourth-order valence-corrected chi connectivity index (χ4v) is 2.45. The highest BCUT2D eigenvalue weighted by Gasteiger charge is 2.22. The second-order valence-corrected chi connectivity index (χ2v) is 5.27. The monoisotopic (exact) mass is 315 g/mol. The van der Waals surface area contributed by atoms with Crippen molar-refractivity contribution in [2.24, 2.45) is 7.05 Å². The lowest BCUT2D eigenvalue weighted by atomic mass is 10.1. The van der Waals surface area contributed by atoms with Gasteiger partial charge in [0, 0.05) is 24.5 Å². The van der Waals surface area contributed by atoms with Gasteiger partial charge < -0.3 is 14.3 Å². The first-order valence-electron chi connectivity index (χ1n) is 6.72. The van der Waals surface area contributed by atoms with E-state index in [1.807, 2.05) is 36.0 Å². The van der Waals surface area contributed by atoms with E-state index >= 15 is 0 Å². The highest BCUT2D eigenvalue weighted by molar-refractivity contribution is 6.30. The third kappa shape index (κ3) is 2.89. The Hall–Kier alpha value is -2.53. The lowest BCUT2D eigenvalue weighted by molar-refractivity contribution is 0.0913. The minimum Gasteiger partial charge on any atom is -0.459 e. The maximum absolute atomic E-state index is 12.3. The molecular weight excluding hydrogens is 302 g/mol. The summed E-state index contributed by atoms with van der Waals surface area (Å²) in [6.45, 7) is 0. The zero-order valence-corrected chi connectivity index (χ0v) is 12.6. The average molecular weight is 316 g/mol. The van der Waals surface area contributed by atoms with Crippen LogP contribution in [-0.2, 0) is 7.05 Å². The third-order valence-electron chi connectivity index (χ3n) is 3.32. The van der Waals surface area contributed by atoms with Crippen LogP contribution in [0.5, 0.6) is 0 Å². The number of amides is 1. The van der Waals surface area contributed by atoms with E-state index in [9.17, 15) is 4.79 Å². The topological polar surface area (TPSA) is 60.1 Å². The second-order valence-electron chi connectivity index (χ2n) is 4.84. The molecule has 1 N–H and O–H groups in total. The maximum Gasteiger partial charge on any atom is 0.287 e. The van der Waals surface area contributed by atoms with Gasteiger partial charge in [-0.2, -0.15) is 0 Å². The third-order valence-corrected chi connectivity index (χ3v) is 3.55. The fraction of sp³-hybridized carbons (Fsp3) is 0.125. The second kappa shape index (κ2) is 6.07. The van der Waals surface area contributed by atoms with E-state index in [1.165, 1.54) is 6.26 Å². The van der Waals surface area contributed by atoms with Crippen molar-refractivity contribution in [3.63, 3.8) is 0 Å². The molecule has 0 saturated carbocycles. The van der Waals surface area contributed by atoms with Crippen molar-refractivity contribution < 1.29 is 9.21 Å². The summed E-state index contributed by atoms with van der Waals surface area (Å²) in [5, 5.41) is 3.53. The van der Waals surface area contributed by atoms with Gasteiger partial charge in [0.2, 0.25) is 0 Å². The molecule has 22 heavy (non-hydrogen) atoms. The van der Waals surface area contributed by atoms with E-state index in [0.717, 1.165) is 5.56 Å². The van der Waals surface area contributed by atoms with Gasteiger partial charge in [-0.1, -0.05) is 23.7 Å². The number of benzene rings is 1. The van der Waals surface area contributed by atoms with Gasteiger partial charge in [-0.15, -0.1) is 0 Å². The van der Waals surface area contributed by atoms with Crippen molar-refractivity contribution in [3.05, 3.63) is 77.2 Å². The Balaban J connectivity index is 1.97. The Morgan fingerprint density at radius 3 is 2.86 bits per heavy atom. The molecule has 112 valence electrons. The maximum atomic E-state index is 12.3. The number of carbonyl (C=O) groups excluding carboxylic acids is 1. The van der Waals surface area contributed by atoms with Crippen LogP contribution >= 0.6 is 11.6 Å². The zero-order chi connectivity index (χ0) is 15.5. The van der Waals surface area contributed by atoms with Crippen LogP contribution in [0.2, 0.25) is 5.02 Å². The molecule has 0 aliphatic rings. The van der Waals surface area contributed by atoms with Crippen molar-refractivity contribution in [2.75, 3.05) is 0 Å². The number of imidazole rings is 1. The van der Waals surface area contributed by atoms with Crippen molar-refractivity contribution in [1.29, 1.82) is 0 Å². The number of furan rings is 1. The Morgan fingerprint density at radius 2 is 2.23 bits per heavy atom. The van der Waals surface area contributed by atoms with Gasteiger partial charge in [-0.25, -0.2) is 4.98 Å². The molecule has 3 aromatic rings. The minimum absolute atomic E-state index is 0.251. The number of hydrogen-bond acceptors (Lipinski definition) is 3. The van der Waals surface area contributed by atoms with Gasteiger partial charge in [0.15, 0.2) is 5.76 Å². The molecule has 1 unspecified atom stereocenters. The molecule has 0 spiro atoms. The van der Waals surface area contributed by atoms with Gasteiger partial charge >= 0.3 is 0 Å². The molecule has 6 heteroatoms. The first-order valence-corrected chi connectivity index (χ1v) is 7.10. The number of aryl methyl sites for hydroxylation is 1. The average Bonchev–Trinajstić information content (AvgIpc) is 3.16. The Kier molecular flexibility index (Phi) is 3.98. The first kappa shape index (κ1) is 14.4. The lowest BCUT2D eigenvalue weighted by Crippen LogP contribution is -2.30. The highest BCUT2D eigenvalue weighted by Crippen LogP contribution is 2.23. The van der Waals surface area contributed by atoms with Crippen molar-refractivity contribution in [2.45, 2.75) is 6.04 Å². The van der Waals surface area contributed by atoms with Crippen LogP contribution in [-0.4, -0.2) is 15.5 Å². The summed E-state index contributed by atoms with van der Waals surface area (Å²) in [7, 11) is 1.87. The normalized spacial score (nSPS) is 12.1. The molecule has 2 heterocycles. The van der Waals surface area contributed by atoms with Crippen molar-refractivity contribution in [1.82, 2.24) is 14.9 Å². The van der Waals surface area contributed by atoms with Crippen LogP contribution < -0.4 is 5.32 Å². The van der Waals surface area contributed by atoms with Crippen LogP contribution in [0.15, 0.2) is 59.5 Å². The van der Waals surface area contributed by atoms with Crippen LogP contribution in [0.1, 0.15) is 28.0 Å². The Bertz CT molecular complexity index is 780. The number of nitrogens with zero attached hydrogens (tertiary/aromatic N) is 2. The first-order chi connectivity index (χ1) is 10.6. The molecule has 3 rings (SSSR count). The van der Waals surface area contributed by atoms with Crippen LogP contribution in [0.25, 0.3) is 0 Å². The van der Waals surface area contributed by atoms with Crippen LogP contribution in [0, 0.1) is 0 Å². The molecule has 0 aliphatic carbocycles. The quantitative estimate of drug-likeness (QED) is 0.804. The largest absolute Gasteiger partial charge is 0.459 e. The zero-order valence-electron chi connectivity index (χ0n) is 11.9. The predicted octanol–water partition coefficient (Wildman–Crippen LogP) is 3.19. The SMILES string of the molecule is Cn1ccnc1C(NC(=O)c1ccco1)c1cccc(Cl)c1. The molecule has 2 aromatic heterocycles. The molecule has 0 fully saturated rings. The lowest BCUT2D eigenvalue weighted by Gasteiger charge is -2.18. The fourth-order valence-electron chi connectivity index (χ4n) is 2.25. The van der Waals surface area contributed by atoms with Crippen LogP contribution in [0.4, 0.5) is 0 Å². The van der Waals surface area contributed by atoms with Gasteiger partial charge in [-0.05, 0) is 29.8 Å². The number of hydrogen-bond donors (Lipinski definition) is 1. The highest BCUT2D eigenvalue weighted by atomic mass is 35.5. The van der Waals surface area contributed by atoms with E-state index in [2.05, 4.69) is 10.3 Å². The summed E-state index contributed by atoms with van der Waals surface area (Å²) in [6.07, 6.45) is 4.97. The van der Waals surface area contributed by atoms with Gasteiger partial charge in [-0.3, -0.25) is 4.79 Å². The van der Waals surface area contributed by atoms with Gasteiger partial charge in [0.1, 0.15) is 11.9 Å². The number of halogens is 1. The molecule has 0 bridgehead atoms. The summed E-state index contributed by atoms with van der Waals surface area (Å²) >= 11 is 6.07. The molecule has 1 atom stereocenters. The number of nitrogens with one attached hydrogen (secondary N) is 1. The van der Waals surface area contributed by atoms with Crippen molar-refractivity contribution in [3.8, 4) is 0 Å². The van der Waals surface area contributed by atoms with E-state index in [4.69, 9.17) is 16.0 Å². The molecule has 0 radical (unpaired) electrons. The van der Waals surface area contributed by atoms with Gasteiger partial charge in [0.05, 0.1) is 6.26 Å². The Morgan fingerprint density at radius 1 is 1.36 bits per heavy atom. The summed E-state index contributed by atoms with van der Waals surface area (Å²) < 4.78 is 6.99. The van der Waals surface area contributed by atoms with E-state index in [-0.39, 0.29) is 11.7 Å². The molecular formula is C16H14ClN3O2. The number of rotatable bonds is 4. The van der Waals surface area contributed by atoms with Crippen LogP contribution in [0.3, 0.4) is 0 Å². The summed E-state index contributed by atoms with van der Waals surface area (Å²) in [6, 6.07) is 10.2. The van der Waals surface area contributed by atoms with E-state index in [1.54, 1.807) is 24.4 Å². The standard InChI is InChI=1S/C16H14ClN3O2/c1-20-8-7-18-15(20)14(11-4-2-5-12(17)10-11)19-16(21)13-6-3-9-22-13/h2-10,14H,1H3,(H,19,21). The molecule has 1 amide bonds. The Labute approximate surface area is 132 Å². The van der Waals surface area contributed by atoms with E-state index < -0.39 is 6.04 Å². The molecule has 0 saturated heterocycles. The van der Waals surface area contributed by atoms with Gasteiger partial charge in [0.25, 0.3) is 5.91 Å². The number of carbonyl (C=O) groups is 1. The summed E-state index contributed by atoms with van der Waals surface area (Å²) in [5.74, 6) is 0.654. The predicted molar refractivity (Wildman–Crippen MR) is 82.7 cm³/mol. The summed E-state index contributed by atoms with van der Waals surface area (Å²) in [5.41, 5.74) is 0.849.